The van der Waals surface area contributed by atoms with Crippen molar-refractivity contribution in [1.82, 2.24) is 15.1 Å². The number of likely N-dealkylation sites (tertiary alicyclic amines) is 1. The quantitative estimate of drug-likeness (QED) is 0.642. The molecule has 2 fully saturated rings. The molecule has 0 radical (unpaired) electrons. The molecule has 2 aliphatic rings. The van der Waals surface area contributed by atoms with Crippen LogP contribution in [0.5, 0.6) is 0 Å². The lowest BCUT2D eigenvalue weighted by atomic mass is 10.1. The summed E-state index contributed by atoms with van der Waals surface area (Å²) in [6, 6.07) is 0. The third-order valence-corrected chi connectivity index (χ3v) is 3.82. The van der Waals surface area contributed by atoms with Crippen LogP contribution in [0.25, 0.3) is 0 Å². The lowest BCUT2D eigenvalue weighted by molar-refractivity contribution is -0.129. The number of nitrogens with two attached hydrogens (primary N) is 1. The van der Waals surface area contributed by atoms with E-state index in [1.54, 1.807) is 4.90 Å². The molecule has 0 aliphatic carbocycles. The number of carbonyl (C=O) groups excluding carboxylic acids is 2. The maximum atomic E-state index is 11.9. The molecule has 2 saturated heterocycles. The Hall–Kier alpha value is -0.600. The van der Waals surface area contributed by atoms with E-state index < -0.39 is 0 Å². The summed E-state index contributed by atoms with van der Waals surface area (Å²) in [6.45, 7) is 6.33. The minimum Gasteiger partial charge on any atom is -0.379 e. The number of amides is 2. The molecule has 2 amide bonds. The van der Waals surface area contributed by atoms with E-state index in [1.807, 2.05) is 0 Å². The average molecular weight is 357 g/mol. The predicted octanol–water partition coefficient (Wildman–Crippen LogP) is -0.914. The van der Waals surface area contributed by atoms with Gasteiger partial charge in [-0.15, -0.1) is 24.8 Å². The molecule has 0 bridgehead atoms. The van der Waals surface area contributed by atoms with E-state index in [0.717, 1.165) is 32.8 Å². The molecule has 0 aromatic carbocycles. The Morgan fingerprint density at radius 2 is 1.95 bits per heavy atom. The molecular formula is C13H26Cl2N4O3. The van der Waals surface area contributed by atoms with Crippen LogP contribution < -0.4 is 11.1 Å². The molecule has 0 aromatic heterocycles. The van der Waals surface area contributed by atoms with Gasteiger partial charge >= 0.3 is 0 Å². The topological polar surface area (TPSA) is 87.9 Å². The van der Waals surface area contributed by atoms with Crippen molar-refractivity contribution < 1.29 is 14.3 Å². The van der Waals surface area contributed by atoms with Crippen LogP contribution in [0.1, 0.15) is 6.42 Å². The molecule has 0 aromatic rings. The number of hydrogen-bond acceptors (Lipinski definition) is 5. The van der Waals surface area contributed by atoms with Crippen LogP contribution in [0.2, 0.25) is 0 Å². The molecule has 2 heterocycles. The van der Waals surface area contributed by atoms with Gasteiger partial charge in [-0.25, -0.2) is 0 Å². The highest BCUT2D eigenvalue weighted by atomic mass is 35.5. The van der Waals surface area contributed by atoms with E-state index in [9.17, 15) is 9.59 Å². The van der Waals surface area contributed by atoms with Gasteiger partial charge in [-0.2, -0.15) is 0 Å². The van der Waals surface area contributed by atoms with Crippen molar-refractivity contribution in [1.29, 1.82) is 0 Å². The van der Waals surface area contributed by atoms with Crippen molar-refractivity contribution in [2.45, 2.75) is 6.42 Å². The number of nitrogens with one attached hydrogen (secondary N) is 1. The molecule has 130 valence electrons. The lowest BCUT2D eigenvalue weighted by Gasteiger charge is -2.28. The van der Waals surface area contributed by atoms with Crippen LogP contribution in [0.3, 0.4) is 0 Å². The number of morpholine rings is 1. The van der Waals surface area contributed by atoms with Gasteiger partial charge < -0.3 is 20.7 Å². The molecule has 9 heteroatoms. The predicted molar refractivity (Wildman–Crippen MR) is 88.5 cm³/mol. The summed E-state index contributed by atoms with van der Waals surface area (Å²) in [5.74, 6) is -0.206. The Morgan fingerprint density at radius 1 is 1.27 bits per heavy atom. The standard InChI is InChI=1S/C13H24N4O3.2ClH/c14-1-2-15-13(19)11-9-12(18)17(10-11)4-3-16-5-7-20-8-6-16;;/h11H,1-10,14H2,(H,15,19);2*1H. The smallest absolute Gasteiger partial charge is 0.225 e. The maximum Gasteiger partial charge on any atom is 0.225 e. The van der Waals surface area contributed by atoms with Crippen LogP contribution in [-0.4, -0.2) is 80.6 Å². The van der Waals surface area contributed by atoms with E-state index in [-0.39, 0.29) is 42.5 Å². The van der Waals surface area contributed by atoms with E-state index in [2.05, 4.69) is 10.2 Å². The first kappa shape index (κ1) is 21.4. The Labute approximate surface area is 143 Å². The van der Waals surface area contributed by atoms with Crippen LogP contribution >= 0.6 is 24.8 Å². The van der Waals surface area contributed by atoms with Gasteiger partial charge in [0.05, 0.1) is 19.1 Å². The SMILES string of the molecule is Cl.Cl.NCCNC(=O)C1CC(=O)N(CCN2CCOCC2)C1. The molecule has 0 saturated carbocycles. The van der Waals surface area contributed by atoms with Crippen LogP contribution in [-0.2, 0) is 14.3 Å². The summed E-state index contributed by atoms with van der Waals surface area (Å²) in [5.41, 5.74) is 5.35. The molecule has 1 atom stereocenters. The van der Waals surface area contributed by atoms with E-state index >= 15 is 0 Å². The summed E-state index contributed by atoms with van der Waals surface area (Å²) in [7, 11) is 0. The zero-order chi connectivity index (χ0) is 14.4. The second-order valence-electron chi connectivity index (χ2n) is 5.27. The van der Waals surface area contributed by atoms with E-state index in [4.69, 9.17) is 10.5 Å². The van der Waals surface area contributed by atoms with Gasteiger partial charge in [0.2, 0.25) is 11.8 Å². The summed E-state index contributed by atoms with van der Waals surface area (Å²) < 4.78 is 5.29. The second-order valence-corrected chi connectivity index (χ2v) is 5.27. The Morgan fingerprint density at radius 3 is 2.59 bits per heavy atom. The van der Waals surface area contributed by atoms with Crippen molar-refractivity contribution in [3.8, 4) is 0 Å². The van der Waals surface area contributed by atoms with Crippen molar-refractivity contribution in [3.05, 3.63) is 0 Å². The Kier molecular flexibility index (Phi) is 10.7. The number of carbonyl (C=O) groups is 2. The van der Waals surface area contributed by atoms with Gasteiger partial charge in [-0.05, 0) is 0 Å². The molecule has 0 spiro atoms. The zero-order valence-corrected chi connectivity index (χ0v) is 14.3. The van der Waals surface area contributed by atoms with Crippen molar-refractivity contribution >= 4 is 36.6 Å². The molecule has 22 heavy (non-hydrogen) atoms. The lowest BCUT2D eigenvalue weighted by Crippen LogP contribution is -2.42. The number of rotatable bonds is 6. The molecular weight excluding hydrogens is 331 g/mol. The Bertz CT molecular complexity index is 354. The average Bonchev–Trinajstić information content (AvgIpc) is 2.85. The minimum absolute atomic E-state index is 0. The monoisotopic (exact) mass is 356 g/mol. The molecule has 3 N–H and O–H groups in total. The van der Waals surface area contributed by atoms with Crippen LogP contribution in [0.4, 0.5) is 0 Å². The summed E-state index contributed by atoms with van der Waals surface area (Å²) in [6.07, 6.45) is 0.319. The third-order valence-electron chi connectivity index (χ3n) is 3.82. The summed E-state index contributed by atoms with van der Waals surface area (Å²) in [4.78, 5) is 27.8. The first-order valence-electron chi connectivity index (χ1n) is 7.26. The number of hydrogen-bond donors (Lipinski definition) is 2. The first-order chi connectivity index (χ1) is 9.70. The van der Waals surface area contributed by atoms with Gasteiger partial charge in [-0.1, -0.05) is 0 Å². The van der Waals surface area contributed by atoms with Gasteiger partial charge in [0, 0.05) is 52.2 Å². The Balaban J connectivity index is 0.00000220. The normalized spacial score (nSPS) is 22.0. The van der Waals surface area contributed by atoms with Crippen molar-refractivity contribution in [2.75, 3.05) is 59.0 Å². The van der Waals surface area contributed by atoms with Crippen LogP contribution in [0.15, 0.2) is 0 Å². The zero-order valence-electron chi connectivity index (χ0n) is 12.7. The van der Waals surface area contributed by atoms with Crippen molar-refractivity contribution in [2.24, 2.45) is 11.7 Å². The highest BCUT2D eigenvalue weighted by Crippen LogP contribution is 2.17. The third kappa shape index (κ3) is 6.26. The highest BCUT2D eigenvalue weighted by Gasteiger charge is 2.33. The largest absolute Gasteiger partial charge is 0.379 e. The minimum atomic E-state index is -0.223. The van der Waals surface area contributed by atoms with Crippen LogP contribution in [0, 0.1) is 5.92 Å². The van der Waals surface area contributed by atoms with Gasteiger partial charge in [0.15, 0.2) is 0 Å². The second kappa shape index (κ2) is 11.0. The van der Waals surface area contributed by atoms with Gasteiger partial charge in [0.25, 0.3) is 0 Å². The summed E-state index contributed by atoms with van der Waals surface area (Å²) in [5, 5.41) is 2.75. The fourth-order valence-corrected chi connectivity index (χ4v) is 2.59. The fraction of sp³-hybridized carbons (Fsp3) is 0.846. The number of nitrogens with zero attached hydrogens (tertiary/aromatic N) is 2. The van der Waals surface area contributed by atoms with Gasteiger partial charge in [-0.3, -0.25) is 14.5 Å². The molecule has 2 rings (SSSR count). The van der Waals surface area contributed by atoms with E-state index in [1.165, 1.54) is 0 Å². The number of ether oxygens (including phenoxy) is 1. The number of halogens is 2. The van der Waals surface area contributed by atoms with E-state index in [0.29, 0.717) is 32.6 Å². The van der Waals surface area contributed by atoms with Crippen molar-refractivity contribution in [3.63, 3.8) is 0 Å². The molecule has 1 unspecified atom stereocenters. The summed E-state index contributed by atoms with van der Waals surface area (Å²) >= 11 is 0. The molecule has 7 nitrogen and oxygen atoms in total. The molecule has 2 aliphatic heterocycles. The fourth-order valence-electron chi connectivity index (χ4n) is 2.59. The highest BCUT2D eigenvalue weighted by molar-refractivity contribution is 5.89. The maximum absolute atomic E-state index is 11.9. The van der Waals surface area contributed by atoms with Gasteiger partial charge in [0.1, 0.15) is 0 Å². The first-order valence-corrected chi connectivity index (χ1v) is 7.26.